The molecule has 0 aliphatic carbocycles. The summed E-state index contributed by atoms with van der Waals surface area (Å²) in [6, 6.07) is 5.42. The number of hydrogen-bond donors (Lipinski definition) is 3. The van der Waals surface area contributed by atoms with Gasteiger partial charge in [0.15, 0.2) is 6.10 Å². The molecule has 26 heavy (non-hydrogen) atoms. The van der Waals surface area contributed by atoms with Gasteiger partial charge in [-0.1, -0.05) is 19.1 Å². The number of nitrogens with one attached hydrogen (secondary N) is 1. The second-order valence-electron chi connectivity index (χ2n) is 5.78. The van der Waals surface area contributed by atoms with E-state index in [-0.39, 0.29) is 18.9 Å². The number of amides is 2. The summed E-state index contributed by atoms with van der Waals surface area (Å²) in [6.07, 6.45) is -1.07. The molecule has 0 saturated heterocycles. The van der Waals surface area contributed by atoms with Crippen LogP contribution in [0.25, 0.3) is 0 Å². The maximum Gasteiger partial charge on any atom is 0.326 e. The van der Waals surface area contributed by atoms with Crippen LogP contribution in [0.5, 0.6) is 5.75 Å². The maximum absolute atomic E-state index is 12.5. The molecule has 0 fully saturated rings. The Kier molecular flexibility index (Phi) is 6.16. The van der Waals surface area contributed by atoms with Gasteiger partial charge in [0.25, 0.3) is 5.91 Å². The van der Waals surface area contributed by atoms with Gasteiger partial charge in [-0.25, -0.2) is 4.79 Å². The Morgan fingerprint density at radius 3 is 2.58 bits per heavy atom. The number of aliphatic carboxylic acids is 2. The van der Waals surface area contributed by atoms with E-state index < -0.39 is 36.4 Å². The molecular weight excluding hydrogens is 344 g/mol. The van der Waals surface area contributed by atoms with E-state index in [2.05, 4.69) is 5.32 Å². The van der Waals surface area contributed by atoms with Crippen LogP contribution in [-0.2, 0) is 19.2 Å². The third kappa shape index (κ3) is 4.50. The molecule has 3 N–H and O–H groups in total. The average molecular weight is 364 g/mol. The number of carbonyl (C=O) groups is 4. The van der Waals surface area contributed by atoms with Gasteiger partial charge in [0.2, 0.25) is 5.91 Å². The molecule has 140 valence electrons. The minimum absolute atomic E-state index is 0.0287. The minimum Gasteiger partial charge on any atom is -0.481 e. The summed E-state index contributed by atoms with van der Waals surface area (Å²) in [5.74, 6) is -3.16. The van der Waals surface area contributed by atoms with Crippen molar-refractivity contribution in [2.45, 2.75) is 38.3 Å². The Hall–Kier alpha value is -3.10. The first kappa shape index (κ1) is 19.2. The summed E-state index contributed by atoms with van der Waals surface area (Å²) in [5.41, 5.74) is 0.537. The first-order chi connectivity index (χ1) is 12.3. The first-order valence-corrected chi connectivity index (χ1v) is 8.14. The lowest BCUT2D eigenvalue weighted by Crippen LogP contribution is -2.48. The molecule has 0 saturated carbocycles. The highest BCUT2D eigenvalue weighted by Crippen LogP contribution is 2.34. The molecule has 9 nitrogen and oxygen atoms in total. The third-order valence-corrected chi connectivity index (χ3v) is 3.91. The van der Waals surface area contributed by atoms with Crippen LogP contribution in [0.4, 0.5) is 5.69 Å². The molecule has 1 heterocycles. The van der Waals surface area contributed by atoms with Crippen molar-refractivity contribution in [3.8, 4) is 5.75 Å². The summed E-state index contributed by atoms with van der Waals surface area (Å²) in [7, 11) is 0. The summed E-state index contributed by atoms with van der Waals surface area (Å²) >= 11 is 0. The molecule has 9 heteroatoms. The topological polar surface area (TPSA) is 133 Å². The molecule has 1 aliphatic rings. The van der Waals surface area contributed by atoms with Crippen molar-refractivity contribution in [3.05, 3.63) is 24.3 Å². The molecule has 1 aromatic rings. The lowest BCUT2D eigenvalue weighted by Gasteiger charge is -2.34. The Bertz CT molecular complexity index is 719. The summed E-state index contributed by atoms with van der Waals surface area (Å²) < 4.78 is 5.64. The standard InChI is InChI=1S/C17H20N2O7/c1-2-12-16(23)19(11-5-3-4-6-13(11)26-12)8-7-14(20)18-10(17(24)25)9-15(21)22/h3-6,10,12H,2,7-9H2,1H3,(H,18,20)(H,21,22)(H,24,25). The average Bonchev–Trinajstić information content (AvgIpc) is 2.59. The van der Waals surface area contributed by atoms with Crippen molar-refractivity contribution in [3.63, 3.8) is 0 Å². The predicted molar refractivity (Wildman–Crippen MR) is 89.9 cm³/mol. The molecule has 1 aromatic carbocycles. The maximum atomic E-state index is 12.5. The van der Waals surface area contributed by atoms with Crippen molar-refractivity contribution in [1.29, 1.82) is 0 Å². The number of carboxylic acids is 2. The van der Waals surface area contributed by atoms with Gasteiger partial charge in [-0.3, -0.25) is 14.4 Å². The summed E-state index contributed by atoms with van der Waals surface area (Å²) in [6.45, 7) is 1.84. The summed E-state index contributed by atoms with van der Waals surface area (Å²) in [4.78, 5) is 47.6. The molecule has 2 rings (SSSR count). The molecule has 2 unspecified atom stereocenters. The van der Waals surface area contributed by atoms with Gasteiger partial charge in [0.05, 0.1) is 12.1 Å². The van der Waals surface area contributed by atoms with Gasteiger partial charge in [-0.05, 0) is 18.6 Å². The predicted octanol–water partition coefficient (Wildman–Crippen LogP) is 0.625. The highest BCUT2D eigenvalue weighted by molar-refractivity contribution is 6.00. The zero-order valence-electron chi connectivity index (χ0n) is 14.2. The van der Waals surface area contributed by atoms with E-state index in [4.69, 9.17) is 14.9 Å². The van der Waals surface area contributed by atoms with Crippen molar-refractivity contribution in [1.82, 2.24) is 5.32 Å². The third-order valence-electron chi connectivity index (χ3n) is 3.91. The molecule has 0 radical (unpaired) electrons. The van der Waals surface area contributed by atoms with Gasteiger partial charge >= 0.3 is 11.9 Å². The van der Waals surface area contributed by atoms with E-state index >= 15 is 0 Å². The van der Waals surface area contributed by atoms with E-state index in [0.717, 1.165) is 0 Å². The van der Waals surface area contributed by atoms with Crippen LogP contribution < -0.4 is 15.0 Å². The number of benzene rings is 1. The Labute approximate surface area is 149 Å². The zero-order chi connectivity index (χ0) is 19.3. The Balaban J connectivity index is 2.05. The van der Waals surface area contributed by atoms with Crippen LogP contribution in [0.2, 0.25) is 0 Å². The molecule has 0 spiro atoms. The fraction of sp³-hybridized carbons (Fsp3) is 0.412. The second kappa shape index (κ2) is 8.32. The zero-order valence-corrected chi connectivity index (χ0v) is 14.2. The fourth-order valence-corrected chi connectivity index (χ4v) is 2.62. The molecule has 1 aliphatic heterocycles. The first-order valence-electron chi connectivity index (χ1n) is 8.14. The van der Waals surface area contributed by atoms with Gasteiger partial charge in [0.1, 0.15) is 11.8 Å². The number of rotatable bonds is 8. The lowest BCUT2D eigenvalue weighted by atomic mass is 10.1. The number of hydrogen-bond acceptors (Lipinski definition) is 5. The van der Waals surface area contributed by atoms with Crippen LogP contribution >= 0.6 is 0 Å². The van der Waals surface area contributed by atoms with Crippen LogP contribution in [0.3, 0.4) is 0 Å². The van der Waals surface area contributed by atoms with Crippen molar-refractivity contribution >= 4 is 29.4 Å². The van der Waals surface area contributed by atoms with E-state index in [9.17, 15) is 19.2 Å². The van der Waals surface area contributed by atoms with E-state index in [0.29, 0.717) is 17.9 Å². The normalized spacial score (nSPS) is 17.0. The smallest absolute Gasteiger partial charge is 0.326 e. The monoisotopic (exact) mass is 364 g/mol. The number of carbonyl (C=O) groups excluding carboxylic acids is 2. The van der Waals surface area contributed by atoms with E-state index in [1.807, 2.05) is 6.92 Å². The quantitative estimate of drug-likeness (QED) is 0.616. The fourth-order valence-electron chi connectivity index (χ4n) is 2.62. The second-order valence-corrected chi connectivity index (χ2v) is 5.78. The Morgan fingerprint density at radius 1 is 1.27 bits per heavy atom. The Morgan fingerprint density at radius 2 is 1.96 bits per heavy atom. The van der Waals surface area contributed by atoms with Gasteiger partial charge in [-0.15, -0.1) is 0 Å². The largest absolute Gasteiger partial charge is 0.481 e. The van der Waals surface area contributed by atoms with Crippen molar-refractivity contribution < 1.29 is 34.1 Å². The van der Waals surface area contributed by atoms with E-state index in [1.54, 1.807) is 24.3 Å². The van der Waals surface area contributed by atoms with Crippen LogP contribution in [0.1, 0.15) is 26.2 Å². The number of para-hydroxylation sites is 2. The molecule has 0 bridgehead atoms. The molecule has 0 aromatic heterocycles. The highest BCUT2D eigenvalue weighted by atomic mass is 16.5. The van der Waals surface area contributed by atoms with Crippen LogP contribution in [0, 0.1) is 0 Å². The van der Waals surface area contributed by atoms with Crippen LogP contribution in [0.15, 0.2) is 24.3 Å². The van der Waals surface area contributed by atoms with Gasteiger partial charge < -0.3 is 25.2 Å². The number of anilines is 1. The molecule has 2 amide bonds. The molecular formula is C17H20N2O7. The summed E-state index contributed by atoms with van der Waals surface area (Å²) in [5, 5.41) is 19.8. The number of nitrogens with zero attached hydrogens (tertiary/aromatic N) is 1. The van der Waals surface area contributed by atoms with Crippen LogP contribution in [-0.4, -0.2) is 52.7 Å². The molecule has 2 atom stereocenters. The SMILES string of the molecule is CCC1Oc2ccccc2N(CCC(=O)NC(CC(=O)O)C(=O)O)C1=O. The number of ether oxygens (including phenoxy) is 1. The highest BCUT2D eigenvalue weighted by Gasteiger charge is 2.33. The van der Waals surface area contributed by atoms with E-state index in [1.165, 1.54) is 4.90 Å². The van der Waals surface area contributed by atoms with Gasteiger partial charge in [0, 0.05) is 13.0 Å². The van der Waals surface area contributed by atoms with Gasteiger partial charge in [-0.2, -0.15) is 0 Å². The van der Waals surface area contributed by atoms with Crippen molar-refractivity contribution in [2.75, 3.05) is 11.4 Å². The minimum atomic E-state index is -1.52. The number of fused-ring (bicyclic) bond motifs is 1. The van der Waals surface area contributed by atoms with Crippen molar-refractivity contribution in [2.24, 2.45) is 0 Å². The lowest BCUT2D eigenvalue weighted by molar-refractivity contribution is -0.147. The number of carboxylic acid groups (broad SMARTS) is 2.